The van der Waals surface area contributed by atoms with Gasteiger partial charge in [0.2, 0.25) is 11.6 Å². The lowest BCUT2D eigenvalue weighted by molar-refractivity contribution is -0.143. The van der Waals surface area contributed by atoms with Gasteiger partial charge in [0.25, 0.3) is 0 Å². The Morgan fingerprint density at radius 3 is 1.86 bits per heavy atom. The number of carbonyl (C=O) groups excluding carboxylic acids is 4. The van der Waals surface area contributed by atoms with Crippen LogP contribution >= 0.6 is 23.5 Å². The summed E-state index contributed by atoms with van der Waals surface area (Å²) in [5, 5.41) is 0. The zero-order valence-corrected chi connectivity index (χ0v) is 17.5. The molecule has 0 bridgehead atoms. The van der Waals surface area contributed by atoms with E-state index >= 15 is 0 Å². The molecule has 0 radical (unpaired) electrons. The summed E-state index contributed by atoms with van der Waals surface area (Å²) < 4.78 is 9.66. The molecule has 0 N–H and O–H groups in total. The van der Waals surface area contributed by atoms with Crippen molar-refractivity contribution in [3.8, 4) is 0 Å². The van der Waals surface area contributed by atoms with Crippen molar-refractivity contribution in [3.63, 3.8) is 0 Å². The van der Waals surface area contributed by atoms with Crippen molar-refractivity contribution in [2.45, 2.75) is 26.2 Å². The van der Waals surface area contributed by atoms with Gasteiger partial charge in [0, 0.05) is 22.6 Å². The largest absolute Gasteiger partial charge is 0.469 e. The van der Waals surface area contributed by atoms with E-state index in [4.69, 9.17) is 4.74 Å². The summed E-state index contributed by atoms with van der Waals surface area (Å²) in [6, 6.07) is 6.67. The Balaban J connectivity index is 2.16. The molecule has 0 aliphatic heterocycles. The van der Waals surface area contributed by atoms with Crippen LogP contribution in [-0.2, 0) is 19.1 Å². The minimum Gasteiger partial charge on any atom is -0.469 e. The van der Waals surface area contributed by atoms with Crippen molar-refractivity contribution in [2.24, 2.45) is 0 Å². The van der Waals surface area contributed by atoms with Crippen LogP contribution in [0.25, 0.3) is 0 Å². The summed E-state index contributed by atoms with van der Waals surface area (Å²) in [5.74, 6) is -0.518. The second kappa shape index (κ2) is 11.1. The molecule has 2 rings (SSSR count). The second-order valence-electron chi connectivity index (χ2n) is 5.86. The number of benzene rings is 1. The maximum atomic E-state index is 12.9. The van der Waals surface area contributed by atoms with Crippen molar-refractivity contribution >= 4 is 47.0 Å². The fraction of sp³-hybridized carbons (Fsp3) is 0.400. The summed E-state index contributed by atoms with van der Waals surface area (Å²) in [7, 11) is 1.30. The highest BCUT2D eigenvalue weighted by Gasteiger charge is 2.32. The minimum atomic E-state index is -0.379. The smallest absolute Gasteiger partial charge is 0.306 e. The molecular weight excluding hydrogens is 400 g/mol. The third-order valence-corrected chi connectivity index (χ3v) is 6.14. The van der Waals surface area contributed by atoms with Crippen LogP contribution in [0.1, 0.15) is 46.9 Å². The maximum Gasteiger partial charge on any atom is 0.306 e. The first-order valence-corrected chi connectivity index (χ1v) is 10.9. The number of rotatable bonds is 10. The standard InChI is InChI=1S/C20H22O6S2/c1-3-10-26-16(22)9-12-28-20-18(24)14-7-5-4-6-13(14)17(23)19(20)27-11-8-15(21)25-2/h4-7H,3,8-12H2,1-2H3. The first kappa shape index (κ1) is 22.2. The summed E-state index contributed by atoms with van der Waals surface area (Å²) in [6.07, 6.45) is 1.03. The van der Waals surface area contributed by atoms with E-state index < -0.39 is 0 Å². The number of ketones is 2. The lowest BCUT2D eigenvalue weighted by Gasteiger charge is -2.20. The fourth-order valence-electron chi connectivity index (χ4n) is 2.46. The first-order chi connectivity index (χ1) is 13.5. The highest BCUT2D eigenvalue weighted by atomic mass is 32.2. The Morgan fingerprint density at radius 1 is 0.893 bits per heavy atom. The number of Topliss-reactive ketones (excluding diaryl/α,β-unsaturated/α-hetero) is 2. The highest BCUT2D eigenvalue weighted by Crippen LogP contribution is 2.38. The first-order valence-electron chi connectivity index (χ1n) is 8.90. The molecule has 1 aromatic rings. The quantitative estimate of drug-likeness (QED) is 0.528. The second-order valence-corrected chi connectivity index (χ2v) is 8.07. The summed E-state index contributed by atoms with van der Waals surface area (Å²) in [5.41, 5.74) is 0.723. The van der Waals surface area contributed by atoms with Gasteiger partial charge in [-0.15, -0.1) is 23.5 Å². The Labute approximate surface area is 172 Å². The number of hydrogen-bond acceptors (Lipinski definition) is 8. The predicted octanol–water partition coefficient (Wildman–Crippen LogP) is 3.65. The Morgan fingerprint density at radius 2 is 1.39 bits per heavy atom. The molecule has 8 heteroatoms. The van der Waals surface area contributed by atoms with E-state index in [1.807, 2.05) is 6.92 Å². The van der Waals surface area contributed by atoms with Crippen LogP contribution in [0.5, 0.6) is 0 Å². The number of methoxy groups -OCH3 is 1. The summed E-state index contributed by atoms with van der Waals surface area (Å²) in [6.45, 7) is 2.28. The van der Waals surface area contributed by atoms with Crippen LogP contribution in [0.3, 0.4) is 0 Å². The van der Waals surface area contributed by atoms with Gasteiger partial charge in [-0.3, -0.25) is 19.2 Å². The van der Waals surface area contributed by atoms with Crippen LogP contribution in [0.4, 0.5) is 0 Å². The molecule has 6 nitrogen and oxygen atoms in total. The van der Waals surface area contributed by atoms with Crippen LogP contribution in [0, 0.1) is 0 Å². The maximum absolute atomic E-state index is 12.9. The number of carbonyl (C=O) groups is 4. The molecule has 0 spiro atoms. The van der Waals surface area contributed by atoms with E-state index in [1.54, 1.807) is 24.3 Å². The number of allylic oxidation sites excluding steroid dienone is 2. The molecule has 0 saturated carbocycles. The third kappa shape index (κ3) is 5.72. The zero-order valence-electron chi connectivity index (χ0n) is 15.8. The van der Waals surface area contributed by atoms with Gasteiger partial charge < -0.3 is 9.47 Å². The van der Waals surface area contributed by atoms with Crippen LogP contribution < -0.4 is 0 Å². The van der Waals surface area contributed by atoms with Gasteiger partial charge in [-0.2, -0.15) is 0 Å². The van der Waals surface area contributed by atoms with E-state index in [2.05, 4.69) is 4.74 Å². The number of hydrogen-bond donors (Lipinski definition) is 0. The molecule has 0 amide bonds. The van der Waals surface area contributed by atoms with Crippen molar-refractivity contribution in [1.29, 1.82) is 0 Å². The monoisotopic (exact) mass is 422 g/mol. The molecule has 1 aliphatic rings. The number of ether oxygens (including phenoxy) is 2. The van der Waals surface area contributed by atoms with E-state index in [-0.39, 0.29) is 36.3 Å². The van der Waals surface area contributed by atoms with Crippen molar-refractivity contribution in [3.05, 3.63) is 45.2 Å². The molecule has 150 valence electrons. The molecule has 0 heterocycles. The van der Waals surface area contributed by atoms with Gasteiger partial charge in [-0.25, -0.2) is 0 Å². The van der Waals surface area contributed by atoms with Gasteiger partial charge in [-0.1, -0.05) is 31.2 Å². The molecule has 28 heavy (non-hydrogen) atoms. The van der Waals surface area contributed by atoms with E-state index in [9.17, 15) is 19.2 Å². The average molecular weight is 423 g/mol. The Hall–Kier alpha value is -2.06. The molecule has 1 aromatic carbocycles. The number of fused-ring (bicyclic) bond motifs is 1. The van der Waals surface area contributed by atoms with Crippen LogP contribution in [0.2, 0.25) is 0 Å². The van der Waals surface area contributed by atoms with E-state index in [0.717, 1.165) is 6.42 Å². The van der Waals surface area contributed by atoms with Gasteiger partial charge in [0.15, 0.2) is 0 Å². The normalized spacial score (nSPS) is 13.4. The van der Waals surface area contributed by atoms with Gasteiger partial charge in [0.05, 0.1) is 36.4 Å². The van der Waals surface area contributed by atoms with Gasteiger partial charge in [-0.05, 0) is 6.42 Å². The fourth-order valence-corrected chi connectivity index (χ4v) is 4.68. The van der Waals surface area contributed by atoms with Crippen molar-refractivity contribution < 1.29 is 28.7 Å². The van der Waals surface area contributed by atoms with Crippen molar-refractivity contribution in [1.82, 2.24) is 0 Å². The molecule has 0 saturated heterocycles. The lowest BCUT2D eigenvalue weighted by Crippen LogP contribution is -2.20. The predicted molar refractivity (Wildman–Crippen MR) is 110 cm³/mol. The van der Waals surface area contributed by atoms with Crippen LogP contribution in [-0.4, -0.2) is 48.7 Å². The minimum absolute atomic E-state index is 0.134. The molecule has 0 fully saturated rings. The summed E-state index contributed by atoms with van der Waals surface area (Å²) in [4.78, 5) is 49.5. The van der Waals surface area contributed by atoms with E-state index in [1.165, 1.54) is 30.6 Å². The van der Waals surface area contributed by atoms with Crippen LogP contribution in [0.15, 0.2) is 34.1 Å². The molecule has 0 aromatic heterocycles. The molecule has 0 atom stereocenters. The molecular formula is C20H22O6S2. The van der Waals surface area contributed by atoms with Gasteiger partial charge in [0.1, 0.15) is 0 Å². The number of esters is 2. The Bertz CT molecular complexity index is 800. The molecule has 0 unspecified atom stereocenters. The summed E-state index contributed by atoms with van der Waals surface area (Å²) >= 11 is 2.35. The van der Waals surface area contributed by atoms with E-state index in [0.29, 0.717) is 39.0 Å². The average Bonchev–Trinajstić information content (AvgIpc) is 2.71. The lowest BCUT2D eigenvalue weighted by atomic mass is 9.94. The third-order valence-electron chi connectivity index (χ3n) is 3.84. The number of thioether (sulfide) groups is 2. The Kier molecular flexibility index (Phi) is 8.79. The zero-order chi connectivity index (χ0) is 20.5. The SMILES string of the molecule is CCCOC(=O)CCSC1=C(SCCC(=O)OC)C(=O)c2ccccc2C1=O. The molecule has 1 aliphatic carbocycles. The highest BCUT2D eigenvalue weighted by molar-refractivity contribution is 8.08. The topological polar surface area (TPSA) is 86.7 Å². The van der Waals surface area contributed by atoms with Gasteiger partial charge >= 0.3 is 11.9 Å². The van der Waals surface area contributed by atoms with Crippen molar-refractivity contribution in [2.75, 3.05) is 25.2 Å².